The van der Waals surface area contributed by atoms with Crippen molar-refractivity contribution in [3.63, 3.8) is 0 Å². The average molecular weight is 344 g/mol. The van der Waals surface area contributed by atoms with Crippen LogP contribution in [0.1, 0.15) is 10.4 Å². The van der Waals surface area contributed by atoms with Gasteiger partial charge in [-0.05, 0) is 23.3 Å². The van der Waals surface area contributed by atoms with E-state index >= 15 is 0 Å². The van der Waals surface area contributed by atoms with E-state index in [0.29, 0.717) is 0 Å². The van der Waals surface area contributed by atoms with Crippen LogP contribution in [0.3, 0.4) is 0 Å². The van der Waals surface area contributed by atoms with Crippen LogP contribution in [-0.4, -0.2) is 37.0 Å². The Morgan fingerprint density at radius 3 is 2.19 bits per heavy atom. The zero-order valence-corrected chi connectivity index (χ0v) is 14.6. The van der Waals surface area contributed by atoms with Crippen molar-refractivity contribution in [2.45, 2.75) is 0 Å². The summed E-state index contributed by atoms with van der Waals surface area (Å²) in [7, 11) is 0. The number of hydrogen-bond acceptors (Lipinski definition) is 2. The summed E-state index contributed by atoms with van der Waals surface area (Å²) in [5.41, 5.74) is 2.85. The third-order valence-corrected chi connectivity index (χ3v) is 4.84. The summed E-state index contributed by atoms with van der Waals surface area (Å²) < 4.78 is 0. The molecule has 1 N–H and O–H groups in total. The molecule has 0 saturated carbocycles. The lowest BCUT2D eigenvalue weighted by molar-refractivity contribution is -0.364. The van der Waals surface area contributed by atoms with E-state index in [2.05, 4.69) is 28.1 Å². The Balaban J connectivity index is 1.51. The highest BCUT2D eigenvalue weighted by molar-refractivity contribution is 6.01. The summed E-state index contributed by atoms with van der Waals surface area (Å²) in [5, 5.41) is 0. The SMILES string of the molecule is O=C(c1ccccc1-c1ccccc1)N1CCN(c2cccc[nH+]2)CC1. The maximum absolute atomic E-state index is 13.1. The summed E-state index contributed by atoms with van der Waals surface area (Å²) in [5.74, 6) is 1.21. The van der Waals surface area contributed by atoms with Gasteiger partial charge in [0.25, 0.3) is 11.7 Å². The number of H-pyrrole nitrogens is 1. The minimum Gasteiger partial charge on any atom is -0.331 e. The van der Waals surface area contributed by atoms with Crippen molar-refractivity contribution in [1.29, 1.82) is 0 Å². The number of benzene rings is 2. The Kier molecular flexibility index (Phi) is 4.65. The Labute approximate surface area is 153 Å². The van der Waals surface area contributed by atoms with Gasteiger partial charge in [0.1, 0.15) is 13.1 Å². The lowest BCUT2D eigenvalue weighted by Crippen LogP contribution is -2.50. The predicted molar refractivity (Wildman–Crippen MR) is 103 cm³/mol. The number of carbonyl (C=O) groups excluding carboxylic acids is 1. The maximum Gasteiger partial charge on any atom is 0.274 e. The topological polar surface area (TPSA) is 37.7 Å². The van der Waals surface area contributed by atoms with Gasteiger partial charge in [-0.25, -0.2) is 4.98 Å². The van der Waals surface area contributed by atoms with Crippen molar-refractivity contribution in [2.24, 2.45) is 0 Å². The first-order valence-corrected chi connectivity index (χ1v) is 8.98. The molecule has 0 bridgehead atoms. The second kappa shape index (κ2) is 7.40. The predicted octanol–water partition coefficient (Wildman–Crippen LogP) is 3.13. The number of hydrogen-bond donors (Lipinski definition) is 0. The van der Waals surface area contributed by atoms with E-state index in [1.807, 2.05) is 65.7 Å². The van der Waals surface area contributed by atoms with Crippen molar-refractivity contribution in [3.8, 4) is 11.1 Å². The molecule has 2 heterocycles. The molecule has 2 aromatic carbocycles. The standard InChI is InChI=1S/C22H21N3O/c26-22(20-11-5-4-10-19(20)18-8-2-1-3-9-18)25-16-14-24(15-17-25)21-12-6-7-13-23-21/h1-13H,14-17H2/p+1. The van der Waals surface area contributed by atoms with Gasteiger partial charge in [0.2, 0.25) is 0 Å². The summed E-state index contributed by atoms with van der Waals surface area (Å²) >= 11 is 0. The number of piperazine rings is 1. The van der Waals surface area contributed by atoms with E-state index < -0.39 is 0 Å². The van der Waals surface area contributed by atoms with Crippen LogP contribution in [0.25, 0.3) is 11.1 Å². The lowest BCUT2D eigenvalue weighted by Gasteiger charge is -2.31. The number of amides is 1. The van der Waals surface area contributed by atoms with E-state index in [-0.39, 0.29) is 5.91 Å². The van der Waals surface area contributed by atoms with Crippen LogP contribution in [-0.2, 0) is 0 Å². The van der Waals surface area contributed by atoms with Crippen molar-refractivity contribution >= 4 is 11.7 Å². The maximum atomic E-state index is 13.1. The first kappa shape index (κ1) is 16.3. The molecule has 0 aliphatic carbocycles. The van der Waals surface area contributed by atoms with Crippen LogP contribution in [0, 0.1) is 0 Å². The lowest BCUT2D eigenvalue weighted by atomic mass is 9.98. The van der Waals surface area contributed by atoms with E-state index in [0.717, 1.165) is 48.7 Å². The number of carbonyl (C=O) groups is 1. The largest absolute Gasteiger partial charge is 0.331 e. The number of anilines is 1. The monoisotopic (exact) mass is 344 g/mol. The Bertz CT molecular complexity index is 872. The van der Waals surface area contributed by atoms with Crippen molar-refractivity contribution < 1.29 is 9.78 Å². The highest BCUT2D eigenvalue weighted by Crippen LogP contribution is 2.25. The van der Waals surface area contributed by atoms with Gasteiger partial charge in [0.15, 0.2) is 0 Å². The fraction of sp³-hybridized carbons (Fsp3) is 0.182. The second-order valence-corrected chi connectivity index (χ2v) is 6.44. The molecule has 0 atom stereocenters. The Morgan fingerprint density at radius 2 is 1.46 bits per heavy atom. The number of aromatic nitrogens is 1. The number of rotatable bonds is 3. The fourth-order valence-electron chi connectivity index (χ4n) is 3.44. The minimum absolute atomic E-state index is 0.112. The second-order valence-electron chi connectivity index (χ2n) is 6.44. The molecule has 4 heteroatoms. The molecule has 1 aliphatic heterocycles. The van der Waals surface area contributed by atoms with E-state index in [4.69, 9.17) is 0 Å². The van der Waals surface area contributed by atoms with Gasteiger partial charge >= 0.3 is 0 Å². The van der Waals surface area contributed by atoms with Crippen molar-refractivity contribution in [3.05, 3.63) is 84.6 Å². The summed E-state index contributed by atoms with van der Waals surface area (Å²) in [6.45, 7) is 3.12. The first-order chi connectivity index (χ1) is 12.8. The third kappa shape index (κ3) is 3.31. The van der Waals surface area contributed by atoms with Crippen LogP contribution < -0.4 is 9.88 Å². The molecule has 0 radical (unpaired) electrons. The molecule has 4 rings (SSSR count). The van der Waals surface area contributed by atoms with Crippen molar-refractivity contribution in [2.75, 3.05) is 31.1 Å². The van der Waals surface area contributed by atoms with Gasteiger partial charge in [-0.3, -0.25) is 9.69 Å². The molecular formula is C22H22N3O+. The zero-order valence-electron chi connectivity index (χ0n) is 14.6. The first-order valence-electron chi connectivity index (χ1n) is 8.98. The number of nitrogens with zero attached hydrogens (tertiary/aromatic N) is 2. The molecule has 1 amide bonds. The number of pyridine rings is 1. The Hall–Kier alpha value is -3.14. The normalized spacial score (nSPS) is 14.3. The summed E-state index contributed by atoms with van der Waals surface area (Å²) in [6.07, 6.45) is 1.93. The van der Waals surface area contributed by atoms with Gasteiger partial charge < -0.3 is 4.90 Å². The Morgan fingerprint density at radius 1 is 0.769 bits per heavy atom. The van der Waals surface area contributed by atoms with Gasteiger partial charge in [0, 0.05) is 11.6 Å². The van der Waals surface area contributed by atoms with Crippen LogP contribution in [0.2, 0.25) is 0 Å². The molecule has 1 fully saturated rings. The van der Waals surface area contributed by atoms with Crippen LogP contribution in [0.4, 0.5) is 5.82 Å². The highest BCUT2D eigenvalue weighted by Gasteiger charge is 2.27. The number of nitrogens with one attached hydrogen (secondary N) is 1. The molecule has 0 unspecified atom stereocenters. The van der Waals surface area contributed by atoms with E-state index in [9.17, 15) is 4.79 Å². The van der Waals surface area contributed by atoms with Gasteiger partial charge in [-0.1, -0.05) is 54.6 Å². The summed E-state index contributed by atoms with van der Waals surface area (Å²) in [6, 6.07) is 24.1. The van der Waals surface area contributed by atoms with Crippen LogP contribution >= 0.6 is 0 Å². The van der Waals surface area contributed by atoms with Crippen molar-refractivity contribution in [1.82, 2.24) is 4.90 Å². The van der Waals surface area contributed by atoms with E-state index in [1.165, 1.54) is 0 Å². The molecule has 3 aromatic rings. The fourth-order valence-corrected chi connectivity index (χ4v) is 3.44. The molecule has 1 aromatic heterocycles. The number of aromatic amines is 1. The molecular weight excluding hydrogens is 322 g/mol. The van der Waals surface area contributed by atoms with Gasteiger partial charge in [0.05, 0.1) is 19.3 Å². The van der Waals surface area contributed by atoms with Gasteiger partial charge in [-0.2, -0.15) is 0 Å². The molecule has 1 aliphatic rings. The highest BCUT2D eigenvalue weighted by atomic mass is 16.2. The van der Waals surface area contributed by atoms with Gasteiger partial charge in [-0.15, -0.1) is 0 Å². The molecule has 4 nitrogen and oxygen atoms in total. The smallest absolute Gasteiger partial charge is 0.274 e. The average Bonchev–Trinajstić information content (AvgIpc) is 2.75. The van der Waals surface area contributed by atoms with Crippen LogP contribution in [0.15, 0.2) is 79.0 Å². The minimum atomic E-state index is 0.112. The molecule has 26 heavy (non-hydrogen) atoms. The summed E-state index contributed by atoms with van der Waals surface area (Å²) in [4.78, 5) is 20.6. The van der Waals surface area contributed by atoms with E-state index in [1.54, 1.807) is 0 Å². The third-order valence-electron chi connectivity index (χ3n) is 4.84. The zero-order chi connectivity index (χ0) is 17.8. The molecule has 130 valence electrons. The molecule has 0 spiro atoms. The molecule has 1 saturated heterocycles. The quantitative estimate of drug-likeness (QED) is 0.732. The van der Waals surface area contributed by atoms with Crippen LogP contribution in [0.5, 0.6) is 0 Å².